The van der Waals surface area contributed by atoms with Crippen LogP contribution in [-0.4, -0.2) is 0 Å². The Morgan fingerprint density at radius 3 is 1.74 bits per heavy atom. The van der Waals surface area contributed by atoms with Gasteiger partial charge in [-0.3, -0.25) is 0 Å². The lowest BCUT2D eigenvalue weighted by Gasteiger charge is -2.25. The van der Waals surface area contributed by atoms with Crippen molar-refractivity contribution in [1.82, 2.24) is 0 Å². The van der Waals surface area contributed by atoms with E-state index in [0.29, 0.717) is 0 Å². The summed E-state index contributed by atoms with van der Waals surface area (Å²) in [6, 6.07) is 46.8. The van der Waals surface area contributed by atoms with Crippen LogP contribution in [0.5, 0.6) is 0 Å². The molecule has 6 rings (SSSR count). The summed E-state index contributed by atoms with van der Waals surface area (Å²) < 4.78 is 0. The summed E-state index contributed by atoms with van der Waals surface area (Å²) in [5, 5.41) is 5.58. The number of anilines is 3. The van der Waals surface area contributed by atoms with Crippen molar-refractivity contribution in [3.63, 3.8) is 0 Å². The molecule has 1 nitrogen and oxygen atoms in total. The van der Waals surface area contributed by atoms with Crippen LogP contribution < -0.4 is 4.90 Å². The van der Waals surface area contributed by atoms with Crippen LogP contribution in [0, 0.1) is 0 Å². The summed E-state index contributed by atoms with van der Waals surface area (Å²) in [6.07, 6.45) is 0. The molecule has 0 unspecified atom stereocenters. The number of nitrogens with zero attached hydrogens (tertiary/aromatic N) is 1. The normalized spacial score (nSPS) is 11.1. The van der Waals surface area contributed by atoms with Crippen molar-refractivity contribution in [1.29, 1.82) is 0 Å². The van der Waals surface area contributed by atoms with Crippen LogP contribution in [0.4, 0.5) is 17.1 Å². The van der Waals surface area contributed by atoms with Gasteiger partial charge in [-0.05, 0) is 81.2 Å². The van der Waals surface area contributed by atoms with Crippen LogP contribution in [-0.2, 0) is 0 Å². The highest BCUT2D eigenvalue weighted by Crippen LogP contribution is 2.38. The van der Waals surface area contributed by atoms with E-state index in [0.717, 1.165) is 22.1 Å². The minimum atomic E-state index is 0.756. The van der Waals surface area contributed by atoms with E-state index in [-0.39, 0.29) is 0 Å². The van der Waals surface area contributed by atoms with Gasteiger partial charge in [0.15, 0.2) is 0 Å². The maximum atomic E-state index is 6.38. The molecule has 0 bridgehead atoms. The number of hydrogen-bond acceptors (Lipinski definition) is 1. The van der Waals surface area contributed by atoms with Crippen molar-refractivity contribution in [2.75, 3.05) is 4.90 Å². The second kappa shape index (κ2) is 8.70. The highest BCUT2D eigenvalue weighted by molar-refractivity contribution is 6.32. The fraction of sp³-hybridized carbons (Fsp3) is 0. The molecular weight excluding hydrogens is 434 g/mol. The van der Waals surface area contributed by atoms with E-state index in [1.165, 1.54) is 32.7 Å². The third-order valence-electron chi connectivity index (χ3n) is 6.29. The third-order valence-corrected chi connectivity index (χ3v) is 6.52. The van der Waals surface area contributed by atoms with E-state index in [4.69, 9.17) is 11.6 Å². The molecule has 0 spiro atoms. The summed E-state index contributed by atoms with van der Waals surface area (Å²) in [5.41, 5.74) is 5.78. The molecule has 0 N–H and O–H groups in total. The number of para-hydroxylation sites is 2. The predicted molar refractivity (Wildman–Crippen MR) is 147 cm³/mol. The van der Waals surface area contributed by atoms with E-state index in [9.17, 15) is 0 Å². The second-order valence-corrected chi connectivity index (χ2v) is 8.82. The molecule has 6 aromatic rings. The van der Waals surface area contributed by atoms with E-state index in [1.807, 2.05) is 18.2 Å². The Kier molecular flexibility index (Phi) is 5.25. The fourth-order valence-corrected chi connectivity index (χ4v) is 4.88. The monoisotopic (exact) mass is 455 g/mol. The molecule has 0 saturated carbocycles. The molecule has 34 heavy (non-hydrogen) atoms. The number of halogens is 1. The smallest absolute Gasteiger partial charge is 0.0462 e. The van der Waals surface area contributed by atoms with Crippen LogP contribution in [0.1, 0.15) is 0 Å². The van der Waals surface area contributed by atoms with Crippen LogP contribution in [0.3, 0.4) is 0 Å². The van der Waals surface area contributed by atoms with Crippen LogP contribution in [0.15, 0.2) is 133 Å². The molecule has 0 aliphatic rings. The zero-order valence-electron chi connectivity index (χ0n) is 18.5. The molecule has 0 aliphatic carbocycles. The molecule has 0 radical (unpaired) electrons. The van der Waals surface area contributed by atoms with E-state index in [1.54, 1.807) is 0 Å². The third kappa shape index (κ3) is 3.71. The molecule has 2 heteroatoms. The Hall–Kier alpha value is -4.07. The quantitative estimate of drug-likeness (QED) is 0.239. The largest absolute Gasteiger partial charge is 0.311 e. The van der Waals surface area contributed by atoms with Gasteiger partial charge in [0, 0.05) is 22.1 Å². The lowest BCUT2D eigenvalue weighted by atomic mass is 9.93. The molecule has 6 aromatic carbocycles. The Morgan fingerprint density at radius 2 is 1.06 bits per heavy atom. The van der Waals surface area contributed by atoms with Gasteiger partial charge in [0.1, 0.15) is 0 Å². The predicted octanol–water partition coefficient (Wildman–Crippen LogP) is 9.78. The van der Waals surface area contributed by atoms with Crippen molar-refractivity contribution in [3.8, 4) is 11.1 Å². The average molecular weight is 456 g/mol. The first-order valence-corrected chi connectivity index (χ1v) is 11.8. The lowest BCUT2D eigenvalue weighted by molar-refractivity contribution is 1.28. The maximum Gasteiger partial charge on any atom is 0.0462 e. The van der Waals surface area contributed by atoms with E-state index < -0.39 is 0 Å². The van der Waals surface area contributed by atoms with Gasteiger partial charge in [0.25, 0.3) is 0 Å². The van der Waals surface area contributed by atoms with Crippen molar-refractivity contribution in [3.05, 3.63) is 138 Å². The Labute approximate surface area is 204 Å². The minimum Gasteiger partial charge on any atom is -0.311 e. The standard InChI is InChI=1S/C32H22ClN/c33-26-19-16-24-14-15-25-8-7-13-30(32(25)31(24)22-26)23-17-20-29(21-18-23)34(27-9-3-1-4-10-27)28-11-5-2-6-12-28/h1-22H. The van der Waals surface area contributed by atoms with Crippen molar-refractivity contribution >= 4 is 50.2 Å². The first-order valence-electron chi connectivity index (χ1n) is 11.4. The summed E-state index contributed by atoms with van der Waals surface area (Å²) in [7, 11) is 0. The highest BCUT2D eigenvalue weighted by Gasteiger charge is 2.13. The van der Waals surface area contributed by atoms with Gasteiger partial charge in [0.2, 0.25) is 0 Å². The van der Waals surface area contributed by atoms with E-state index >= 15 is 0 Å². The molecule has 0 heterocycles. The van der Waals surface area contributed by atoms with Gasteiger partial charge in [0.05, 0.1) is 0 Å². The topological polar surface area (TPSA) is 3.24 Å². The zero-order chi connectivity index (χ0) is 22.9. The molecule has 162 valence electrons. The summed E-state index contributed by atoms with van der Waals surface area (Å²) >= 11 is 6.38. The first kappa shape index (κ1) is 20.5. The Bertz CT molecular complexity index is 1550. The van der Waals surface area contributed by atoms with Gasteiger partial charge >= 0.3 is 0 Å². The van der Waals surface area contributed by atoms with Crippen molar-refractivity contribution in [2.45, 2.75) is 0 Å². The second-order valence-electron chi connectivity index (χ2n) is 8.39. The minimum absolute atomic E-state index is 0.756. The average Bonchev–Trinajstić information content (AvgIpc) is 2.90. The summed E-state index contributed by atoms with van der Waals surface area (Å²) in [4.78, 5) is 2.28. The Morgan fingerprint density at radius 1 is 0.471 bits per heavy atom. The summed E-state index contributed by atoms with van der Waals surface area (Å²) in [5.74, 6) is 0. The summed E-state index contributed by atoms with van der Waals surface area (Å²) in [6.45, 7) is 0. The molecule has 0 saturated heterocycles. The number of benzene rings is 6. The van der Waals surface area contributed by atoms with Gasteiger partial charge in [-0.1, -0.05) is 96.5 Å². The van der Waals surface area contributed by atoms with Crippen LogP contribution in [0.25, 0.3) is 32.7 Å². The van der Waals surface area contributed by atoms with E-state index in [2.05, 4.69) is 120 Å². The van der Waals surface area contributed by atoms with Crippen LogP contribution in [0.2, 0.25) is 5.02 Å². The first-order chi connectivity index (χ1) is 16.8. The Balaban J connectivity index is 1.49. The van der Waals surface area contributed by atoms with Crippen molar-refractivity contribution < 1.29 is 0 Å². The molecule has 0 amide bonds. The number of hydrogen-bond donors (Lipinski definition) is 0. The molecule has 0 aromatic heterocycles. The number of rotatable bonds is 4. The fourth-order valence-electron chi connectivity index (χ4n) is 4.71. The SMILES string of the molecule is Clc1ccc2ccc3cccc(-c4ccc(N(c5ccccc5)c5ccccc5)cc4)c3c2c1. The number of fused-ring (bicyclic) bond motifs is 3. The van der Waals surface area contributed by atoms with Gasteiger partial charge in [-0.25, -0.2) is 0 Å². The van der Waals surface area contributed by atoms with Gasteiger partial charge in [-0.2, -0.15) is 0 Å². The maximum absolute atomic E-state index is 6.38. The zero-order valence-corrected chi connectivity index (χ0v) is 19.3. The molecular formula is C32H22ClN. The van der Waals surface area contributed by atoms with Crippen molar-refractivity contribution in [2.24, 2.45) is 0 Å². The van der Waals surface area contributed by atoms with Crippen LogP contribution >= 0.6 is 11.6 Å². The van der Waals surface area contributed by atoms with Gasteiger partial charge < -0.3 is 4.90 Å². The molecule has 0 atom stereocenters. The lowest BCUT2D eigenvalue weighted by Crippen LogP contribution is -2.09. The highest BCUT2D eigenvalue weighted by atomic mass is 35.5. The van der Waals surface area contributed by atoms with Gasteiger partial charge in [-0.15, -0.1) is 0 Å². The molecule has 0 aliphatic heterocycles. The molecule has 0 fully saturated rings.